The number of carbonyl (C=O) groups excluding carboxylic acids is 2. The molecule has 0 radical (unpaired) electrons. The summed E-state index contributed by atoms with van der Waals surface area (Å²) in [5.41, 5.74) is 0.275. The SMILES string of the molecule is CC(C)CNC(=O)C(C)N(Cc1ccc(F)cc1)C(=O)CN(c1ccccc1F)S(C)(=O)=O. The first-order valence-corrected chi connectivity index (χ1v) is 12.3. The molecule has 0 aromatic heterocycles. The van der Waals surface area contributed by atoms with E-state index in [4.69, 9.17) is 0 Å². The second-order valence-electron chi connectivity index (χ2n) is 8.18. The van der Waals surface area contributed by atoms with Crippen LogP contribution in [0.3, 0.4) is 0 Å². The third kappa shape index (κ3) is 7.52. The van der Waals surface area contributed by atoms with Gasteiger partial charge in [0.2, 0.25) is 21.8 Å². The minimum atomic E-state index is -4.02. The molecule has 2 aromatic carbocycles. The molecule has 1 N–H and O–H groups in total. The molecule has 0 saturated heterocycles. The number of para-hydroxylation sites is 1. The van der Waals surface area contributed by atoms with E-state index in [9.17, 15) is 26.8 Å². The lowest BCUT2D eigenvalue weighted by Crippen LogP contribution is -2.51. The van der Waals surface area contributed by atoms with Crippen LogP contribution in [0.15, 0.2) is 48.5 Å². The molecule has 1 unspecified atom stereocenters. The molecule has 0 saturated carbocycles. The molecule has 33 heavy (non-hydrogen) atoms. The van der Waals surface area contributed by atoms with Crippen LogP contribution in [-0.2, 0) is 26.2 Å². The van der Waals surface area contributed by atoms with Crippen LogP contribution in [0.5, 0.6) is 0 Å². The van der Waals surface area contributed by atoms with Gasteiger partial charge in [-0.25, -0.2) is 17.2 Å². The van der Waals surface area contributed by atoms with Crippen molar-refractivity contribution in [2.75, 3.05) is 23.7 Å². The maximum absolute atomic E-state index is 14.3. The van der Waals surface area contributed by atoms with Crippen LogP contribution in [0.2, 0.25) is 0 Å². The zero-order chi connectivity index (χ0) is 24.8. The van der Waals surface area contributed by atoms with Gasteiger partial charge in [0.15, 0.2) is 0 Å². The van der Waals surface area contributed by atoms with Gasteiger partial charge in [0.1, 0.15) is 24.2 Å². The Balaban J connectivity index is 2.36. The maximum atomic E-state index is 14.3. The maximum Gasteiger partial charge on any atom is 0.244 e. The lowest BCUT2D eigenvalue weighted by Gasteiger charge is -2.31. The zero-order valence-corrected chi connectivity index (χ0v) is 19.9. The molecule has 0 heterocycles. The van der Waals surface area contributed by atoms with Crippen molar-refractivity contribution in [3.8, 4) is 0 Å². The van der Waals surface area contributed by atoms with Gasteiger partial charge in [-0.1, -0.05) is 38.1 Å². The van der Waals surface area contributed by atoms with Gasteiger partial charge >= 0.3 is 0 Å². The first-order chi connectivity index (χ1) is 15.4. The van der Waals surface area contributed by atoms with Gasteiger partial charge in [0, 0.05) is 13.1 Å². The molecule has 10 heteroatoms. The van der Waals surface area contributed by atoms with Crippen LogP contribution in [-0.4, -0.2) is 50.5 Å². The molecule has 0 fully saturated rings. The topological polar surface area (TPSA) is 86.8 Å². The standard InChI is InChI=1S/C23H29F2N3O4S/c1-16(2)13-26-23(30)17(3)27(14-18-9-11-19(24)12-10-18)22(29)15-28(33(4,31)32)21-8-6-5-7-20(21)25/h5-12,16-17H,13-15H2,1-4H3,(H,26,30). The molecule has 2 rings (SSSR count). The summed E-state index contributed by atoms with van der Waals surface area (Å²) in [6.07, 6.45) is 0.871. The van der Waals surface area contributed by atoms with E-state index < -0.39 is 46.1 Å². The highest BCUT2D eigenvalue weighted by atomic mass is 32.2. The molecule has 7 nitrogen and oxygen atoms in total. The van der Waals surface area contributed by atoms with E-state index in [-0.39, 0.29) is 18.2 Å². The number of halogens is 2. The third-order valence-electron chi connectivity index (χ3n) is 4.92. The van der Waals surface area contributed by atoms with Crippen molar-refractivity contribution in [3.63, 3.8) is 0 Å². The van der Waals surface area contributed by atoms with Gasteiger partial charge in [-0.05, 0) is 42.7 Å². The molecule has 0 spiro atoms. The third-order valence-corrected chi connectivity index (χ3v) is 6.04. The van der Waals surface area contributed by atoms with Crippen LogP contribution < -0.4 is 9.62 Å². The molecule has 180 valence electrons. The smallest absolute Gasteiger partial charge is 0.244 e. The van der Waals surface area contributed by atoms with Crippen LogP contribution in [0, 0.1) is 17.6 Å². The highest BCUT2D eigenvalue weighted by molar-refractivity contribution is 7.92. The van der Waals surface area contributed by atoms with Crippen LogP contribution >= 0.6 is 0 Å². The predicted octanol–water partition coefficient (Wildman–Crippen LogP) is 2.92. The number of nitrogens with zero attached hydrogens (tertiary/aromatic N) is 2. The largest absolute Gasteiger partial charge is 0.354 e. The van der Waals surface area contributed by atoms with Gasteiger partial charge in [0.25, 0.3) is 0 Å². The molecular weight excluding hydrogens is 452 g/mol. The summed E-state index contributed by atoms with van der Waals surface area (Å²) in [7, 11) is -4.02. The van der Waals surface area contributed by atoms with Gasteiger partial charge < -0.3 is 10.2 Å². The summed E-state index contributed by atoms with van der Waals surface area (Å²) >= 11 is 0. The van der Waals surface area contributed by atoms with Crippen molar-refractivity contribution in [1.82, 2.24) is 10.2 Å². The fourth-order valence-corrected chi connectivity index (χ4v) is 3.92. The van der Waals surface area contributed by atoms with E-state index in [0.717, 1.165) is 12.3 Å². The Bertz CT molecular complexity index is 1080. The number of hydrogen-bond acceptors (Lipinski definition) is 4. The van der Waals surface area contributed by atoms with Gasteiger partial charge in [-0.2, -0.15) is 0 Å². The lowest BCUT2D eigenvalue weighted by atomic mass is 10.1. The van der Waals surface area contributed by atoms with E-state index in [1.54, 1.807) is 0 Å². The molecule has 0 aliphatic carbocycles. The highest BCUT2D eigenvalue weighted by Gasteiger charge is 2.31. The average molecular weight is 482 g/mol. The Morgan fingerprint density at radius 2 is 1.61 bits per heavy atom. The Morgan fingerprint density at radius 1 is 1.00 bits per heavy atom. The minimum Gasteiger partial charge on any atom is -0.354 e. The van der Waals surface area contributed by atoms with Gasteiger partial charge in [0.05, 0.1) is 11.9 Å². The number of rotatable bonds is 10. The van der Waals surface area contributed by atoms with E-state index in [0.29, 0.717) is 16.4 Å². The fraction of sp³-hybridized carbons (Fsp3) is 0.391. The van der Waals surface area contributed by atoms with E-state index in [2.05, 4.69) is 5.32 Å². The predicted molar refractivity (Wildman–Crippen MR) is 123 cm³/mol. The summed E-state index contributed by atoms with van der Waals surface area (Å²) in [4.78, 5) is 27.2. The molecule has 1 atom stereocenters. The monoisotopic (exact) mass is 481 g/mol. The molecule has 2 aromatic rings. The molecule has 0 aliphatic heterocycles. The number of nitrogens with one attached hydrogen (secondary N) is 1. The Kier molecular flexibility index (Phi) is 8.92. The van der Waals surface area contributed by atoms with E-state index in [1.807, 2.05) is 13.8 Å². The van der Waals surface area contributed by atoms with Crippen molar-refractivity contribution >= 4 is 27.5 Å². The van der Waals surface area contributed by atoms with Crippen molar-refractivity contribution < 1.29 is 26.8 Å². The van der Waals surface area contributed by atoms with Crippen molar-refractivity contribution in [2.24, 2.45) is 5.92 Å². The molecule has 2 amide bonds. The van der Waals surface area contributed by atoms with Crippen molar-refractivity contribution in [3.05, 3.63) is 65.7 Å². The Morgan fingerprint density at radius 3 is 2.15 bits per heavy atom. The summed E-state index contributed by atoms with van der Waals surface area (Å²) in [5.74, 6) is -2.20. The van der Waals surface area contributed by atoms with Crippen LogP contribution in [0.4, 0.5) is 14.5 Å². The molecule has 0 aliphatic rings. The number of hydrogen-bond donors (Lipinski definition) is 1. The number of anilines is 1. The van der Waals surface area contributed by atoms with Crippen LogP contribution in [0.25, 0.3) is 0 Å². The fourth-order valence-electron chi connectivity index (χ4n) is 3.07. The molecule has 0 bridgehead atoms. The second kappa shape index (κ2) is 11.2. The van der Waals surface area contributed by atoms with E-state index in [1.165, 1.54) is 54.3 Å². The highest BCUT2D eigenvalue weighted by Crippen LogP contribution is 2.22. The first-order valence-electron chi connectivity index (χ1n) is 10.4. The molecular formula is C23H29F2N3O4S. The quantitative estimate of drug-likeness (QED) is 0.565. The number of carbonyl (C=O) groups is 2. The van der Waals surface area contributed by atoms with Crippen molar-refractivity contribution in [2.45, 2.75) is 33.4 Å². The first kappa shape index (κ1) is 26.2. The average Bonchev–Trinajstić information content (AvgIpc) is 2.74. The summed E-state index contributed by atoms with van der Waals surface area (Å²) in [5, 5.41) is 2.75. The normalized spacial score (nSPS) is 12.3. The van der Waals surface area contributed by atoms with Crippen LogP contribution in [0.1, 0.15) is 26.3 Å². The summed E-state index contributed by atoms with van der Waals surface area (Å²) in [6, 6.07) is 9.65. The number of sulfonamides is 1. The second-order valence-corrected chi connectivity index (χ2v) is 10.1. The minimum absolute atomic E-state index is 0.0652. The Labute approximate surface area is 193 Å². The van der Waals surface area contributed by atoms with Gasteiger partial charge in [-0.3, -0.25) is 13.9 Å². The number of amides is 2. The summed E-state index contributed by atoms with van der Waals surface area (Å²) in [6.45, 7) is 4.99. The lowest BCUT2D eigenvalue weighted by molar-refractivity contribution is -0.139. The zero-order valence-electron chi connectivity index (χ0n) is 19.1. The van der Waals surface area contributed by atoms with Crippen molar-refractivity contribution in [1.29, 1.82) is 0 Å². The Hall–Kier alpha value is -3.01. The van der Waals surface area contributed by atoms with Gasteiger partial charge in [-0.15, -0.1) is 0 Å². The summed E-state index contributed by atoms with van der Waals surface area (Å²) < 4.78 is 53.1. The van der Waals surface area contributed by atoms with E-state index >= 15 is 0 Å². The number of benzene rings is 2.